The van der Waals surface area contributed by atoms with Gasteiger partial charge in [0.2, 0.25) is 0 Å². The van der Waals surface area contributed by atoms with Crippen LogP contribution >= 0.6 is 13.5 Å². The third-order valence-electron chi connectivity index (χ3n) is 2.52. The number of hydrogen-bond donors (Lipinski definition) is 1. The maximum atomic E-state index is 11.7. The highest BCUT2D eigenvalue weighted by Crippen LogP contribution is 2.09. The summed E-state index contributed by atoms with van der Waals surface area (Å²) in [6.07, 6.45) is 1.06. The van der Waals surface area contributed by atoms with Gasteiger partial charge in [0.05, 0.1) is 5.69 Å². The van der Waals surface area contributed by atoms with Crippen LogP contribution in [0.25, 0.3) is 0 Å². The molecule has 6 heteroatoms. The number of carbonyl (C=O) groups excluding carboxylic acids is 1. The Morgan fingerprint density at radius 1 is 1.56 bits per heavy atom. The molecule has 0 unspecified atom stereocenters. The van der Waals surface area contributed by atoms with E-state index in [-0.39, 0.29) is 19.4 Å². The second kappa shape index (κ2) is 5.36. The van der Waals surface area contributed by atoms with Crippen LogP contribution in [-0.2, 0) is 13.1 Å². The second-order valence-corrected chi connectivity index (χ2v) is 3.97. The molecule has 0 bridgehead atoms. The minimum atomic E-state index is -0.0319. The lowest BCUT2D eigenvalue weighted by Gasteiger charge is -2.06. The molecular formula is C10H18N4OS. The van der Waals surface area contributed by atoms with E-state index in [2.05, 4.69) is 10.4 Å². The van der Waals surface area contributed by atoms with Crippen molar-refractivity contribution in [3.8, 4) is 0 Å². The molecule has 1 amide bonds. The third kappa shape index (κ3) is 2.56. The van der Waals surface area contributed by atoms with E-state index >= 15 is 0 Å². The highest BCUT2D eigenvalue weighted by Gasteiger charge is 2.16. The second-order valence-electron chi connectivity index (χ2n) is 3.97. The first-order chi connectivity index (χ1) is 7.18. The van der Waals surface area contributed by atoms with Crippen molar-refractivity contribution in [2.75, 3.05) is 20.6 Å². The molecule has 1 N–H and O–H groups in total. The van der Waals surface area contributed by atoms with Crippen LogP contribution in [0.2, 0.25) is 0 Å². The lowest BCUT2D eigenvalue weighted by atomic mass is 10.3. The van der Waals surface area contributed by atoms with Gasteiger partial charge in [-0.05, 0) is 19.0 Å². The summed E-state index contributed by atoms with van der Waals surface area (Å²) >= 11 is 0. The first kappa shape index (κ1) is 13.1. The van der Waals surface area contributed by atoms with Gasteiger partial charge in [-0.3, -0.25) is 9.48 Å². The molecule has 0 spiro atoms. The zero-order valence-corrected chi connectivity index (χ0v) is 10.7. The van der Waals surface area contributed by atoms with E-state index in [0.717, 1.165) is 31.7 Å². The van der Waals surface area contributed by atoms with E-state index in [9.17, 15) is 4.79 Å². The number of nitrogens with zero attached hydrogens (tertiary/aromatic N) is 3. The smallest absolute Gasteiger partial charge is 0.273 e. The van der Waals surface area contributed by atoms with Crippen LogP contribution in [0.3, 0.4) is 0 Å². The van der Waals surface area contributed by atoms with Crippen LogP contribution in [-0.4, -0.2) is 41.2 Å². The van der Waals surface area contributed by atoms with E-state index in [4.69, 9.17) is 0 Å². The van der Waals surface area contributed by atoms with Crippen LogP contribution in [0, 0.1) is 0 Å². The summed E-state index contributed by atoms with van der Waals surface area (Å²) in [6.45, 7) is 2.71. The van der Waals surface area contributed by atoms with Crippen molar-refractivity contribution < 1.29 is 4.79 Å². The Balaban J connectivity index is 0.00000128. The monoisotopic (exact) mass is 242 g/mol. The molecule has 90 valence electrons. The number of hydrogen-bond acceptors (Lipinski definition) is 3. The van der Waals surface area contributed by atoms with Gasteiger partial charge in [-0.25, -0.2) is 0 Å². The van der Waals surface area contributed by atoms with Gasteiger partial charge in [0.1, 0.15) is 0 Å². The SMILES string of the molecule is CN(C)C(=O)c1cc2n(n1)CCCNC2.S. The number of aryl methyl sites for hydroxylation is 1. The van der Waals surface area contributed by atoms with Crippen LogP contribution in [0.1, 0.15) is 22.6 Å². The molecule has 2 heterocycles. The Labute approximate surface area is 102 Å². The zero-order chi connectivity index (χ0) is 10.8. The van der Waals surface area contributed by atoms with Crippen molar-refractivity contribution in [2.24, 2.45) is 0 Å². The molecule has 0 fully saturated rings. The molecule has 0 atom stereocenters. The summed E-state index contributed by atoms with van der Waals surface area (Å²) in [5.74, 6) is -0.0319. The van der Waals surface area contributed by atoms with Gasteiger partial charge < -0.3 is 10.2 Å². The Bertz CT molecular complexity index is 351. The van der Waals surface area contributed by atoms with E-state index in [0.29, 0.717) is 5.69 Å². The van der Waals surface area contributed by atoms with Gasteiger partial charge >= 0.3 is 0 Å². The highest BCUT2D eigenvalue weighted by atomic mass is 32.1. The van der Waals surface area contributed by atoms with Gasteiger partial charge in [0.25, 0.3) is 5.91 Å². The Morgan fingerprint density at radius 3 is 3.00 bits per heavy atom. The van der Waals surface area contributed by atoms with Gasteiger partial charge in [-0.1, -0.05) is 0 Å². The Morgan fingerprint density at radius 2 is 2.31 bits per heavy atom. The first-order valence-corrected chi connectivity index (χ1v) is 5.17. The van der Waals surface area contributed by atoms with Crippen molar-refractivity contribution in [1.82, 2.24) is 20.0 Å². The molecule has 1 aliphatic rings. The lowest BCUT2D eigenvalue weighted by Crippen LogP contribution is -2.22. The normalized spacial score (nSPS) is 14.6. The fourth-order valence-electron chi connectivity index (χ4n) is 1.70. The van der Waals surface area contributed by atoms with Gasteiger partial charge in [0.15, 0.2) is 5.69 Å². The molecule has 0 aliphatic carbocycles. The lowest BCUT2D eigenvalue weighted by molar-refractivity contribution is 0.0821. The van der Waals surface area contributed by atoms with E-state index in [1.165, 1.54) is 0 Å². The quantitative estimate of drug-likeness (QED) is 0.765. The number of amides is 1. The van der Waals surface area contributed by atoms with Crippen molar-refractivity contribution in [3.63, 3.8) is 0 Å². The topological polar surface area (TPSA) is 50.2 Å². The highest BCUT2D eigenvalue weighted by molar-refractivity contribution is 7.59. The molecule has 2 rings (SSSR count). The van der Waals surface area contributed by atoms with E-state index in [1.807, 2.05) is 10.7 Å². The van der Waals surface area contributed by atoms with Gasteiger partial charge in [-0.2, -0.15) is 18.6 Å². The number of nitrogens with one attached hydrogen (secondary N) is 1. The average Bonchev–Trinajstić information content (AvgIpc) is 2.49. The molecule has 0 saturated carbocycles. The van der Waals surface area contributed by atoms with Crippen molar-refractivity contribution in [3.05, 3.63) is 17.5 Å². The fourth-order valence-corrected chi connectivity index (χ4v) is 1.70. The van der Waals surface area contributed by atoms with E-state index in [1.54, 1.807) is 19.0 Å². The molecular weight excluding hydrogens is 224 g/mol. The number of aromatic nitrogens is 2. The first-order valence-electron chi connectivity index (χ1n) is 5.17. The third-order valence-corrected chi connectivity index (χ3v) is 2.52. The molecule has 0 radical (unpaired) electrons. The predicted molar refractivity (Wildman–Crippen MR) is 66.9 cm³/mol. The minimum absolute atomic E-state index is 0. The summed E-state index contributed by atoms with van der Waals surface area (Å²) in [5, 5.41) is 7.62. The Kier molecular flexibility index (Phi) is 4.37. The zero-order valence-electron chi connectivity index (χ0n) is 9.66. The van der Waals surface area contributed by atoms with Crippen LogP contribution in [0.4, 0.5) is 0 Å². The summed E-state index contributed by atoms with van der Waals surface area (Å²) < 4.78 is 1.93. The molecule has 1 aromatic heterocycles. The van der Waals surface area contributed by atoms with Crippen LogP contribution in [0.15, 0.2) is 6.07 Å². The molecule has 1 aliphatic heterocycles. The predicted octanol–water partition coefficient (Wildman–Crippen LogP) is 0.191. The molecule has 1 aromatic rings. The number of fused-ring (bicyclic) bond motifs is 1. The van der Waals surface area contributed by atoms with Crippen molar-refractivity contribution >= 4 is 19.4 Å². The average molecular weight is 242 g/mol. The minimum Gasteiger partial charge on any atom is -0.343 e. The molecule has 16 heavy (non-hydrogen) atoms. The van der Waals surface area contributed by atoms with Crippen LogP contribution in [0.5, 0.6) is 0 Å². The number of rotatable bonds is 1. The Hall–Kier alpha value is -1.01. The van der Waals surface area contributed by atoms with Gasteiger partial charge in [-0.15, -0.1) is 0 Å². The molecule has 0 aromatic carbocycles. The molecule has 5 nitrogen and oxygen atoms in total. The summed E-state index contributed by atoms with van der Waals surface area (Å²) in [6, 6.07) is 1.88. The van der Waals surface area contributed by atoms with Gasteiger partial charge in [0, 0.05) is 27.2 Å². The maximum Gasteiger partial charge on any atom is 0.273 e. The standard InChI is InChI=1S/C10H16N4O.H2S/c1-13(2)10(15)9-6-8-7-11-4-3-5-14(8)12-9;/h6,11H,3-5,7H2,1-2H3;1H2. The van der Waals surface area contributed by atoms with Crippen LogP contribution < -0.4 is 5.32 Å². The molecule has 0 saturated heterocycles. The summed E-state index contributed by atoms with van der Waals surface area (Å²) in [7, 11) is 3.48. The largest absolute Gasteiger partial charge is 0.343 e. The summed E-state index contributed by atoms with van der Waals surface area (Å²) in [4.78, 5) is 13.2. The maximum absolute atomic E-state index is 11.7. The van der Waals surface area contributed by atoms with Crippen molar-refractivity contribution in [1.29, 1.82) is 0 Å². The summed E-state index contributed by atoms with van der Waals surface area (Å²) in [5.41, 5.74) is 1.64. The number of carbonyl (C=O) groups is 1. The fraction of sp³-hybridized carbons (Fsp3) is 0.600. The van der Waals surface area contributed by atoms with Crippen molar-refractivity contribution in [2.45, 2.75) is 19.5 Å². The van der Waals surface area contributed by atoms with E-state index < -0.39 is 0 Å².